The second-order valence-electron chi connectivity index (χ2n) is 9.39. The van der Waals surface area contributed by atoms with Gasteiger partial charge in [0.2, 0.25) is 5.91 Å². The number of nitrogens with one attached hydrogen (secondary N) is 2. The minimum Gasteiger partial charge on any atom is -0.382 e. The van der Waals surface area contributed by atoms with Gasteiger partial charge in [0.05, 0.1) is 5.52 Å². The van der Waals surface area contributed by atoms with E-state index in [0.717, 1.165) is 6.07 Å². The Hall–Kier alpha value is -2.87. The van der Waals surface area contributed by atoms with E-state index in [4.69, 9.17) is 11.6 Å². The number of halogens is 5. The quantitative estimate of drug-likeness (QED) is 0.380. The highest BCUT2D eigenvalue weighted by Gasteiger charge is 2.45. The lowest BCUT2D eigenvalue weighted by molar-refractivity contribution is -0.140. The van der Waals surface area contributed by atoms with Crippen molar-refractivity contribution in [3.05, 3.63) is 70.6 Å². The van der Waals surface area contributed by atoms with Crippen LogP contribution in [0.1, 0.15) is 49.3 Å². The lowest BCUT2D eigenvalue weighted by Crippen LogP contribution is -2.41. The molecule has 1 amide bonds. The Morgan fingerprint density at radius 3 is 2.43 bits per heavy atom. The van der Waals surface area contributed by atoms with Gasteiger partial charge in [-0.05, 0) is 73.9 Å². The first-order valence-corrected chi connectivity index (χ1v) is 12.1. The van der Waals surface area contributed by atoms with E-state index in [1.165, 1.54) is 18.2 Å². The molecule has 2 saturated carbocycles. The number of anilines is 1. The number of hydrogen-bond donors (Lipinski definition) is 2. The summed E-state index contributed by atoms with van der Waals surface area (Å²) in [6.45, 7) is 0. The predicted molar refractivity (Wildman–Crippen MR) is 127 cm³/mol. The Bertz CT molecular complexity index is 1260. The number of carbonyl (C=O) groups excluding carboxylic acids is 1. The number of hydrogen-bond acceptors (Lipinski definition) is 3. The lowest BCUT2D eigenvalue weighted by Gasteiger charge is -2.31. The van der Waals surface area contributed by atoms with Crippen molar-refractivity contribution in [2.24, 2.45) is 5.92 Å². The van der Waals surface area contributed by atoms with Crippen LogP contribution >= 0.6 is 11.6 Å². The molecule has 0 bridgehead atoms. The number of nitrogens with zero attached hydrogens (tertiary/aromatic N) is 1. The van der Waals surface area contributed by atoms with Gasteiger partial charge in [0.1, 0.15) is 11.5 Å². The smallest absolute Gasteiger partial charge is 0.382 e. The molecule has 1 heterocycles. The molecule has 0 aliphatic heterocycles. The Labute approximate surface area is 205 Å². The average Bonchev–Trinajstić information content (AvgIpc) is 3.61. The molecule has 2 aliphatic carbocycles. The molecule has 2 aliphatic rings. The van der Waals surface area contributed by atoms with Gasteiger partial charge in [0, 0.05) is 34.1 Å². The Morgan fingerprint density at radius 2 is 1.71 bits per heavy atom. The zero-order valence-electron chi connectivity index (χ0n) is 18.7. The number of alkyl halides is 3. The first-order chi connectivity index (χ1) is 16.7. The number of benzene rings is 2. The summed E-state index contributed by atoms with van der Waals surface area (Å²) >= 11 is 6.08. The van der Waals surface area contributed by atoms with Crippen molar-refractivity contribution in [2.45, 2.75) is 56.3 Å². The Kier molecular flexibility index (Phi) is 6.34. The van der Waals surface area contributed by atoms with Crippen LogP contribution in [0, 0.1) is 11.7 Å². The maximum atomic E-state index is 14.0. The first kappa shape index (κ1) is 23.9. The van der Waals surface area contributed by atoms with Crippen molar-refractivity contribution < 1.29 is 22.4 Å². The standard InChI is InChI=1S/C26H24ClF4N3O/c27-14-5-10-22-20(11-14)23(13-24(34-22)26(29,30)31)32-15-6-8-16(9-7-15)33-25(35)19-12-18(19)17-3-1-2-4-21(17)28/h1-5,10-11,13,15-16,18-19H,6-9,12H2,(H,32,34)(H,33,35)/t15-,16+,18-,19+/m0/s1. The van der Waals surface area contributed by atoms with E-state index < -0.39 is 11.9 Å². The SMILES string of the molecule is O=C(N[C@H]1CC[C@@H](Nc2cc(C(F)(F)F)nc3ccc(Cl)cc23)CC1)[C@@H]1C[C@H]1c1ccccc1F. The van der Waals surface area contributed by atoms with Crippen molar-refractivity contribution in [1.29, 1.82) is 0 Å². The van der Waals surface area contributed by atoms with Crippen molar-refractivity contribution in [3.63, 3.8) is 0 Å². The van der Waals surface area contributed by atoms with Crippen LogP contribution in [0.3, 0.4) is 0 Å². The van der Waals surface area contributed by atoms with Gasteiger partial charge in [-0.25, -0.2) is 9.37 Å². The average molecular weight is 506 g/mol. The number of fused-ring (bicyclic) bond motifs is 1. The second kappa shape index (κ2) is 9.30. The van der Waals surface area contributed by atoms with Crippen LogP contribution < -0.4 is 10.6 Å². The van der Waals surface area contributed by atoms with Crippen LogP contribution in [-0.2, 0) is 11.0 Å². The maximum Gasteiger partial charge on any atom is 0.433 e. The molecule has 4 nitrogen and oxygen atoms in total. The zero-order chi connectivity index (χ0) is 24.7. The summed E-state index contributed by atoms with van der Waals surface area (Å²) in [7, 11) is 0. The molecule has 0 radical (unpaired) electrons. The van der Waals surface area contributed by atoms with Crippen molar-refractivity contribution in [3.8, 4) is 0 Å². The third kappa shape index (κ3) is 5.22. The van der Waals surface area contributed by atoms with E-state index in [1.807, 2.05) is 0 Å². The predicted octanol–water partition coefficient (Wildman–Crippen LogP) is 6.69. The van der Waals surface area contributed by atoms with Crippen molar-refractivity contribution in [1.82, 2.24) is 10.3 Å². The fourth-order valence-corrected chi connectivity index (χ4v) is 5.15. The molecule has 3 aromatic rings. The summed E-state index contributed by atoms with van der Waals surface area (Å²) in [6.07, 6.45) is -1.12. The highest BCUT2D eigenvalue weighted by atomic mass is 35.5. The molecule has 1 aromatic heterocycles. The molecule has 0 unspecified atom stereocenters. The van der Waals surface area contributed by atoms with Gasteiger partial charge in [0.15, 0.2) is 0 Å². The number of carbonyl (C=O) groups is 1. The molecule has 35 heavy (non-hydrogen) atoms. The Morgan fingerprint density at radius 1 is 1.00 bits per heavy atom. The van der Waals surface area contributed by atoms with Gasteiger partial charge >= 0.3 is 6.18 Å². The van der Waals surface area contributed by atoms with Crippen LogP contribution in [0.25, 0.3) is 10.9 Å². The molecule has 0 spiro atoms. The summed E-state index contributed by atoms with van der Waals surface area (Å²) in [6, 6.07) is 12.1. The van der Waals surface area contributed by atoms with Gasteiger partial charge in [-0.1, -0.05) is 29.8 Å². The minimum absolute atomic E-state index is 0.00298. The van der Waals surface area contributed by atoms with Gasteiger partial charge in [-0.3, -0.25) is 4.79 Å². The van der Waals surface area contributed by atoms with Gasteiger partial charge in [-0.15, -0.1) is 0 Å². The van der Waals surface area contributed by atoms with Gasteiger partial charge < -0.3 is 10.6 Å². The third-order valence-corrected chi connectivity index (χ3v) is 7.16. The number of amides is 1. The molecule has 2 N–H and O–H groups in total. The normalized spacial score (nSPS) is 24.3. The molecule has 2 fully saturated rings. The molecule has 0 saturated heterocycles. The summed E-state index contributed by atoms with van der Waals surface area (Å²) < 4.78 is 54.1. The molecular formula is C26H24ClF4N3O. The third-order valence-electron chi connectivity index (χ3n) is 6.93. The van der Waals surface area contributed by atoms with Crippen LogP contribution in [0.4, 0.5) is 23.2 Å². The largest absolute Gasteiger partial charge is 0.433 e. The number of aromatic nitrogens is 1. The van der Waals surface area contributed by atoms with Gasteiger partial charge in [0.25, 0.3) is 0 Å². The molecule has 9 heteroatoms. The van der Waals surface area contributed by atoms with E-state index in [9.17, 15) is 22.4 Å². The van der Waals surface area contributed by atoms with Crippen molar-refractivity contribution >= 4 is 34.1 Å². The molecule has 2 atom stereocenters. The molecule has 2 aromatic carbocycles. The maximum absolute atomic E-state index is 14.0. The summed E-state index contributed by atoms with van der Waals surface area (Å²) in [5.74, 6) is -0.627. The lowest BCUT2D eigenvalue weighted by atomic mass is 9.90. The summed E-state index contributed by atoms with van der Waals surface area (Å²) in [5, 5.41) is 7.29. The summed E-state index contributed by atoms with van der Waals surface area (Å²) in [4.78, 5) is 16.4. The molecular weight excluding hydrogens is 482 g/mol. The van der Waals surface area contributed by atoms with E-state index in [1.54, 1.807) is 24.3 Å². The first-order valence-electron chi connectivity index (χ1n) is 11.7. The number of pyridine rings is 1. The van der Waals surface area contributed by atoms with Crippen LogP contribution in [0.5, 0.6) is 0 Å². The highest BCUT2D eigenvalue weighted by Crippen LogP contribution is 2.48. The second-order valence-corrected chi connectivity index (χ2v) is 9.82. The number of rotatable bonds is 5. The zero-order valence-corrected chi connectivity index (χ0v) is 19.5. The van der Waals surface area contributed by atoms with Crippen LogP contribution in [-0.4, -0.2) is 23.0 Å². The van der Waals surface area contributed by atoms with E-state index >= 15 is 0 Å². The van der Waals surface area contributed by atoms with Crippen LogP contribution in [0.15, 0.2) is 48.5 Å². The molecule has 5 rings (SSSR count). The minimum atomic E-state index is -4.56. The summed E-state index contributed by atoms with van der Waals surface area (Å²) in [5.41, 5.74) is 0.206. The fraction of sp³-hybridized carbons (Fsp3) is 0.385. The van der Waals surface area contributed by atoms with Crippen molar-refractivity contribution in [2.75, 3.05) is 5.32 Å². The topological polar surface area (TPSA) is 54.0 Å². The van der Waals surface area contributed by atoms with E-state index in [-0.39, 0.29) is 41.2 Å². The van der Waals surface area contributed by atoms with Gasteiger partial charge in [-0.2, -0.15) is 13.2 Å². The highest BCUT2D eigenvalue weighted by molar-refractivity contribution is 6.31. The molecule has 184 valence electrons. The fourth-order valence-electron chi connectivity index (χ4n) is 4.98. The van der Waals surface area contributed by atoms with E-state index in [2.05, 4.69) is 15.6 Å². The Balaban J connectivity index is 1.20. The monoisotopic (exact) mass is 505 g/mol. The van der Waals surface area contributed by atoms with E-state index in [0.29, 0.717) is 53.8 Å². The van der Waals surface area contributed by atoms with Crippen LogP contribution in [0.2, 0.25) is 5.02 Å².